The van der Waals surface area contributed by atoms with Gasteiger partial charge in [-0.25, -0.2) is 0 Å². The lowest BCUT2D eigenvalue weighted by atomic mass is 10.1. The molecule has 1 amide bonds. The van der Waals surface area contributed by atoms with Crippen LogP contribution >= 0.6 is 0 Å². The molecule has 0 radical (unpaired) electrons. The monoisotopic (exact) mass is 312 g/mol. The van der Waals surface area contributed by atoms with Gasteiger partial charge in [0, 0.05) is 5.69 Å². The van der Waals surface area contributed by atoms with Gasteiger partial charge >= 0.3 is 0 Å². The van der Waals surface area contributed by atoms with Crippen molar-refractivity contribution in [2.45, 2.75) is 33.8 Å². The maximum Gasteiger partial charge on any atom is 0.243 e. The van der Waals surface area contributed by atoms with Crippen LogP contribution < -0.4 is 15.4 Å². The number of anilines is 2. The number of carbonyl (C=O) groups is 1. The number of hydrogen-bond acceptors (Lipinski definition) is 3. The minimum atomic E-state index is -0.0817. The predicted octanol–water partition coefficient (Wildman–Crippen LogP) is 4.14. The smallest absolute Gasteiger partial charge is 0.243 e. The molecule has 2 aromatic rings. The number of hydrogen-bond donors (Lipinski definition) is 2. The van der Waals surface area contributed by atoms with Crippen LogP contribution in [-0.4, -0.2) is 18.6 Å². The molecule has 4 nitrogen and oxygen atoms in total. The first kappa shape index (κ1) is 16.9. The zero-order valence-electron chi connectivity index (χ0n) is 14.1. The Morgan fingerprint density at radius 2 is 1.70 bits per heavy atom. The molecular formula is C19H24N2O2. The van der Waals surface area contributed by atoms with E-state index in [1.165, 1.54) is 0 Å². The van der Waals surface area contributed by atoms with Crippen molar-refractivity contribution in [3.63, 3.8) is 0 Å². The summed E-state index contributed by atoms with van der Waals surface area (Å²) in [5, 5.41) is 6.11. The number of ether oxygens (including phenoxy) is 1. The molecule has 23 heavy (non-hydrogen) atoms. The lowest BCUT2D eigenvalue weighted by molar-refractivity contribution is -0.114. The van der Waals surface area contributed by atoms with E-state index in [1.54, 1.807) is 0 Å². The Balaban J connectivity index is 2.00. The minimum absolute atomic E-state index is 0.0817. The van der Waals surface area contributed by atoms with Crippen molar-refractivity contribution in [1.82, 2.24) is 0 Å². The fourth-order valence-corrected chi connectivity index (χ4v) is 2.34. The molecule has 122 valence electrons. The van der Waals surface area contributed by atoms with Crippen molar-refractivity contribution < 1.29 is 9.53 Å². The zero-order chi connectivity index (χ0) is 16.8. The number of aryl methyl sites for hydroxylation is 2. The summed E-state index contributed by atoms with van der Waals surface area (Å²) in [6.45, 7) is 8.12. The molecule has 0 heterocycles. The van der Waals surface area contributed by atoms with Crippen molar-refractivity contribution in [1.29, 1.82) is 0 Å². The summed E-state index contributed by atoms with van der Waals surface area (Å²) in [7, 11) is 0. The third-order valence-electron chi connectivity index (χ3n) is 3.43. The average molecular weight is 312 g/mol. The van der Waals surface area contributed by atoms with Crippen molar-refractivity contribution in [2.75, 3.05) is 17.2 Å². The van der Waals surface area contributed by atoms with E-state index in [0.717, 1.165) is 28.3 Å². The van der Waals surface area contributed by atoms with E-state index < -0.39 is 0 Å². The third kappa shape index (κ3) is 4.74. The van der Waals surface area contributed by atoms with Crippen LogP contribution in [-0.2, 0) is 4.79 Å². The van der Waals surface area contributed by atoms with E-state index in [9.17, 15) is 4.79 Å². The summed E-state index contributed by atoms with van der Waals surface area (Å²) in [4.78, 5) is 12.2. The lowest BCUT2D eigenvalue weighted by Crippen LogP contribution is -2.23. The SMILES string of the molecule is Cc1cccc(C)c1NC(=O)CNc1ccccc1OC(C)C. The van der Waals surface area contributed by atoms with E-state index in [1.807, 2.05) is 70.2 Å². The quantitative estimate of drug-likeness (QED) is 0.843. The van der Waals surface area contributed by atoms with E-state index >= 15 is 0 Å². The summed E-state index contributed by atoms with van der Waals surface area (Å²) in [5.74, 6) is 0.670. The standard InChI is InChI=1S/C19H24N2O2/c1-13(2)23-17-11-6-5-10-16(17)20-12-18(22)21-19-14(3)8-7-9-15(19)4/h5-11,13,20H,12H2,1-4H3,(H,21,22). The second kappa shape index (κ2) is 7.68. The number of benzene rings is 2. The molecule has 0 atom stereocenters. The Kier molecular flexibility index (Phi) is 5.63. The first-order valence-electron chi connectivity index (χ1n) is 7.83. The molecule has 0 aliphatic heterocycles. The van der Waals surface area contributed by atoms with Crippen molar-refractivity contribution in [2.24, 2.45) is 0 Å². The van der Waals surface area contributed by atoms with Gasteiger partial charge in [-0.3, -0.25) is 4.79 Å². The molecule has 0 saturated carbocycles. The molecule has 0 aliphatic rings. The lowest BCUT2D eigenvalue weighted by Gasteiger charge is -2.16. The van der Waals surface area contributed by atoms with Crippen LogP contribution in [0, 0.1) is 13.8 Å². The molecule has 2 rings (SSSR count). The highest BCUT2D eigenvalue weighted by Gasteiger charge is 2.09. The van der Waals surface area contributed by atoms with E-state index in [0.29, 0.717) is 0 Å². The number of carbonyl (C=O) groups excluding carboxylic acids is 1. The highest BCUT2D eigenvalue weighted by Crippen LogP contribution is 2.25. The first-order valence-corrected chi connectivity index (χ1v) is 7.83. The van der Waals surface area contributed by atoms with Crippen molar-refractivity contribution in [3.05, 3.63) is 53.6 Å². The molecular weight excluding hydrogens is 288 g/mol. The summed E-state index contributed by atoms with van der Waals surface area (Å²) in [5.41, 5.74) is 3.81. The number of para-hydroxylation sites is 3. The Morgan fingerprint density at radius 1 is 1.04 bits per heavy atom. The maximum absolute atomic E-state index is 12.2. The molecule has 0 saturated heterocycles. The second-order valence-corrected chi connectivity index (χ2v) is 5.83. The van der Waals surface area contributed by atoms with Crippen LogP contribution in [0.2, 0.25) is 0 Å². The molecule has 0 aromatic heterocycles. The summed E-state index contributed by atoms with van der Waals surface area (Å²) in [6, 6.07) is 13.6. The molecule has 4 heteroatoms. The van der Waals surface area contributed by atoms with Crippen LogP contribution in [0.4, 0.5) is 11.4 Å². The van der Waals surface area contributed by atoms with Crippen molar-refractivity contribution in [3.8, 4) is 5.75 Å². The summed E-state index contributed by atoms with van der Waals surface area (Å²) >= 11 is 0. The van der Waals surface area contributed by atoms with E-state index in [4.69, 9.17) is 4.74 Å². The number of rotatable bonds is 6. The van der Waals surface area contributed by atoms with Crippen molar-refractivity contribution >= 4 is 17.3 Å². The number of nitrogens with one attached hydrogen (secondary N) is 2. The normalized spacial score (nSPS) is 10.5. The molecule has 2 N–H and O–H groups in total. The van der Waals surface area contributed by atoms with E-state index in [2.05, 4.69) is 10.6 Å². The molecule has 0 bridgehead atoms. The van der Waals surface area contributed by atoms with Crippen LogP contribution in [0.15, 0.2) is 42.5 Å². The fraction of sp³-hybridized carbons (Fsp3) is 0.316. The maximum atomic E-state index is 12.2. The Morgan fingerprint density at radius 3 is 2.35 bits per heavy atom. The van der Waals surface area contributed by atoms with Crippen LogP contribution in [0.3, 0.4) is 0 Å². The topological polar surface area (TPSA) is 50.4 Å². The predicted molar refractivity (Wildman–Crippen MR) is 95.2 cm³/mol. The van der Waals surface area contributed by atoms with E-state index in [-0.39, 0.29) is 18.6 Å². The van der Waals surface area contributed by atoms with Gasteiger partial charge in [-0.05, 0) is 51.0 Å². The van der Waals surface area contributed by atoms with Crippen LogP contribution in [0.1, 0.15) is 25.0 Å². The third-order valence-corrected chi connectivity index (χ3v) is 3.43. The average Bonchev–Trinajstić information content (AvgIpc) is 2.50. The van der Waals surface area contributed by atoms with Gasteiger partial charge in [-0.1, -0.05) is 30.3 Å². The second-order valence-electron chi connectivity index (χ2n) is 5.83. The highest BCUT2D eigenvalue weighted by molar-refractivity contribution is 5.95. The van der Waals surface area contributed by atoms with Gasteiger partial charge in [0.05, 0.1) is 18.3 Å². The minimum Gasteiger partial charge on any atom is -0.489 e. The van der Waals surface area contributed by atoms with Gasteiger partial charge < -0.3 is 15.4 Å². The van der Waals surface area contributed by atoms with Crippen LogP contribution in [0.5, 0.6) is 5.75 Å². The Hall–Kier alpha value is -2.49. The molecule has 0 fully saturated rings. The Bertz CT molecular complexity index is 661. The fourth-order valence-electron chi connectivity index (χ4n) is 2.34. The van der Waals surface area contributed by atoms with Gasteiger partial charge in [0.1, 0.15) is 5.75 Å². The van der Waals surface area contributed by atoms with Gasteiger partial charge in [-0.15, -0.1) is 0 Å². The largest absolute Gasteiger partial charge is 0.489 e. The van der Waals surface area contributed by atoms with Gasteiger partial charge in [0.25, 0.3) is 0 Å². The molecule has 0 unspecified atom stereocenters. The molecule has 0 aliphatic carbocycles. The van der Waals surface area contributed by atoms with Gasteiger partial charge in [0.15, 0.2) is 0 Å². The zero-order valence-corrected chi connectivity index (χ0v) is 14.1. The molecule has 2 aromatic carbocycles. The Labute approximate surface area is 137 Å². The van der Waals surface area contributed by atoms with Gasteiger partial charge in [0.2, 0.25) is 5.91 Å². The highest BCUT2D eigenvalue weighted by atomic mass is 16.5. The summed E-state index contributed by atoms with van der Waals surface area (Å²) < 4.78 is 5.74. The first-order chi connectivity index (χ1) is 11.0. The number of amides is 1. The molecule has 0 spiro atoms. The summed E-state index contributed by atoms with van der Waals surface area (Å²) in [6.07, 6.45) is 0.0846. The van der Waals surface area contributed by atoms with Gasteiger partial charge in [-0.2, -0.15) is 0 Å². The van der Waals surface area contributed by atoms with Crippen LogP contribution in [0.25, 0.3) is 0 Å².